The molecule has 0 fully saturated rings. The Morgan fingerprint density at radius 1 is 0.568 bits per heavy atom. The van der Waals surface area contributed by atoms with Gasteiger partial charge in [-0.05, 0) is 12.8 Å². The number of hydrogen-bond donors (Lipinski definition) is 0. The standard InChI is InChI=1S/C21H26N2O14/c22-11-31-10-8-21(30)37-15-35-19(28)6-2-4-17(26)33-13-32-16(25)3-1-5-18(27)34-14-36-20(29)7-9-23-12-24/h1-10,13-15H2. The third-order valence-corrected chi connectivity index (χ3v) is 3.81. The van der Waals surface area contributed by atoms with Crippen LogP contribution in [-0.4, -0.2) is 75.4 Å². The molecular formula is C21H26N2O14. The van der Waals surface area contributed by atoms with E-state index in [0.717, 1.165) is 0 Å². The molecule has 204 valence electrons. The van der Waals surface area contributed by atoms with Crippen molar-refractivity contribution in [2.45, 2.75) is 51.4 Å². The Morgan fingerprint density at radius 2 is 0.919 bits per heavy atom. The molecular weight excluding hydrogens is 504 g/mol. The molecule has 0 N–H and O–H groups in total. The Bertz CT molecular complexity index is 860. The van der Waals surface area contributed by atoms with Crippen LogP contribution in [0.1, 0.15) is 51.4 Å². The van der Waals surface area contributed by atoms with E-state index in [-0.39, 0.29) is 64.5 Å². The van der Waals surface area contributed by atoms with Crippen molar-refractivity contribution in [1.29, 1.82) is 5.26 Å². The number of nitriles is 1. The SMILES string of the molecule is N#COCCC(=O)OCOC(=O)CCCC(=O)OCOC(=O)CCCC(=O)OCOC(=O)CCN=C=O. The van der Waals surface area contributed by atoms with E-state index in [0.29, 0.717) is 0 Å². The largest absolute Gasteiger partial charge is 0.428 e. The molecule has 37 heavy (non-hydrogen) atoms. The lowest BCUT2D eigenvalue weighted by Crippen LogP contribution is -2.15. The summed E-state index contributed by atoms with van der Waals surface area (Å²) in [6.45, 7) is -2.13. The Morgan fingerprint density at radius 3 is 1.27 bits per heavy atom. The quantitative estimate of drug-likeness (QED) is 0.0386. The molecule has 0 amide bonds. The van der Waals surface area contributed by atoms with E-state index in [1.807, 2.05) is 0 Å². The summed E-state index contributed by atoms with van der Waals surface area (Å²) in [6.07, 6.45) is 1.77. The molecule has 0 aliphatic carbocycles. The number of isocyanates is 1. The average molecular weight is 530 g/mol. The Kier molecular flexibility index (Phi) is 19.3. The van der Waals surface area contributed by atoms with Crippen LogP contribution in [0.4, 0.5) is 0 Å². The first-order valence-corrected chi connectivity index (χ1v) is 10.8. The van der Waals surface area contributed by atoms with E-state index in [1.165, 1.54) is 12.3 Å². The van der Waals surface area contributed by atoms with Gasteiger partial charge in [0.2, 0.25) is 26.5 Å². The van der Waals surface area contributed by atoms with Crippen molar-refractivity contribution in [3.63, 3.8) is 0 Å². The van der Waals surface area contributed by atoms with Gasteiger partial charge < -0.3 is 33.2 Å². The van der Waals surface area contributed by atoms with Crippen molar-refractivity contribution in [2.24, 2.45) is 4.99 Å². The smallest absolute Gasteiger partial charge is 0.312 e. The molecule has 0 unspecified atom stereocenters. The molecule has 0 radical (unpaired) electrons. The van der Waals surface area contributed by atoms with Gasteiger partial charge in [-0.1, -0.05) is 0 Å². The molecule has 16 nitrogen and oxygen atoms in total. The number of ether oxygens (including phenoxy) is 7. The molecule has 0 aromatic rings. The number of rotatable bonds is 20. The third kappa shape index (κ3) is 21.7. The fraction of sp³-hybridized carbons (Fsp3) is 0.619. The molecule has 0 saturated carbocycles. The van der Waals surface area contributed by atoms with Crippen molar-refractivity contribution in [3.8, 4) is 6.26 Å². The van der Waals surface area contributed by atoms with Gasteiger partial charge in [0.25, 0.3) is 6.26 Å². The van der Waals surface area contributed by atoms with E-state index in [4.69, 9.17) is 5.26 Å². The predicted octanol–water partition coefficient (Wildman–Crippen LogP) is 0.0724. The van der Waals surface area contributed by atoms with Gasteiger partial charge in [0.05, 0.1) is 19.4 Å². The van der Waals surface area contributed by atoms with E-state index < -0.39 is 56.2 Å². The Hall–Kier alpha value is -4.51. The fourth-order valence-corrected chi connectivity index (χ4v) is 2.04. The molecule has 0 spiro atoms. The van der Waals surface area contributed by atoms with Gasteiger partial charge in [-0.3, -0.25) is 28.8 Å². The summed E-state index contributed by atoms with van der Waals surface area (Å²) in [5.41, 5.74) is 0. The molecule has 16 heteroatoms. The zero-order valence-corrected chi connectivity index (χ0v) is 19.8. The van der Waals surface area contributed by atoms with Crippen molar-refractivity contribution < 1.29 is 66.7 Å². The van der Waals surface area contributed by atoms with Gasteiger partial charge in [0, 0.05) is 25.7 Å². The van der Waals surface area contributed by atoms with Gasteiger partial charge in [-0.25, -0.2) is 9.79 Å². The highest BCUT2D eigenvalue weighted by atomic mass is 16.7. The predicted molar refractivity (Wildman–Crippen MR) is 113 cm³/mol. The number of aliphatic imine (C=N–C) groups is 1. The lowest BCUT2D eigenvalue weighted by atomic mass is 10.2. The van der Waals surface area contributed by atoms with Crippen molar-refractivity contribution in [1.82, 2.24) is 0 Å². The average Bonchev–Trinajstić information content (AvgIpc) is 2.84. The second-order valence-electron chi connectivity index (χ2n) is 6.57. The van der Waals surface area contributed by atoms with E-state index >= 15 is 0 Å². The lowest BCUT2D eigenvalue weighted by molar-refractivity contribution is -0.169. The molecule has 0 rings (SSSR count). The van der Waals surface area contributed by atoms with E-state index in [1.54, 1.807) is 0 Å². The van der Waals surface area contributed by atoms with Gasteiger partial charge in [0.15, 0.2) is 0 Å². The van der Waals surface area contributed by atoms with Gasteiger partial charge in [-0.2, -0.15) is 5.26 Å². The van der Waals surface area contributed by atoms with Crippen LogP contribution in [0, 0.1) is 11.5 Å². The summed E-state index contributed by atoms with van der Waals surface area (Å²) in [7, 11) is 0. The molecule has 0 saturated heterocycles. The van der Waals surface area contributed by atoms with Crippen LogP contribution in [0.25, 0.3) is 0 Å². The second kappa shape index (κ2) is 22.0. The van der Waals surface area contributed by atoms with Crippen molar-refractivity contribution in [2.75, 3.05) is 33.5 Å². The van der Waals surface area contributed by atoms with E-state index in [9.17, 15) is 33.6 Å². The summed E-state index contributed by atoms with van der Waals surface area (Å²) in [5, 5.41) is 8.14. The summed E-state index contributed by atoms with van der Waals surface area (Å²) < 4.78 is 32.1. The first-order valence-electron chi connectivity index (χ1n) is 10.8. The fourth-order valence-electron chi connectivity index (χ4n) is 2.04. The molecule has 0 atom stereocenters. The minimum atomic E-state index is -0.736. The van der Waals surface area contributed by atoms with Crippen molar-refractivity contribution in [3.05, 3.63) is 0 Å². The minimum Gasteiger partial charge on any atom is -0.428 e. The monoisotopic (exact) mass is 530 g/mol. The second-order valence-corrected chi connectivity index (χ2v) is 6.57. The maximum atomic E-state index is 11.6. The summed E-state index contributed by atoms with van der Waals surface area (Å²) in [4.78, 5) is 81.5. The zero-order valence-electron chi connectivity index (χ0n) is 19.8. The van der Waals surface area contributed by atoms with Crippen LogP contribution in [0.5, 0.6) is 0 Å². The summed E-state index contributed by atoms with van der Waals surface area (Å²) in [5.74, 6) is -4.36. The molecule has 0 heterocycles. The van der Waals surface area contributed by atoms with Crippen LogP contribution < -0.4 is 0 Å². The Labute approximate surface area is 210 Å². The summed E-state index contributed by atoms with van der Waals surface area (Å²) >= 11 is 0. The minimum absolute atomic E-state index is 0.0681. The number of esters is 6. The summed E-state index contributed by atoms with van der Waals surface area (Å²) in [6, 6.07) is 0. The van der Waals surface area contributed by atoms with Gasteiger partial charge in [0.1, 0.15) is 6.61 Å². The highest BCUT2D eigenvalue weighted by molar-refractivity contribution is 5.74. The maximum absolute atomic E-state index is 11.6. The molecule has 0 aromatic heterocycles. The highest BCUT2D eigenvalue weighted by Gasteiger charge is 2.12. The van der Waals surface area contributed by atoms with Crippen molar-refractivity contribution >= 4 is 41.9 Å². The van der Waals surface area contributed by atoms with Gasteiger partial charge >= 0.3 is 35.8 Å². The van der Waals surface area contributed by atoms with Crippen LogP contribution >= 0.6 is 0 Å². The number of carbonyl (C=O) groups is 6. The Balaban J connectivity index is 3.71. The molecule has 0 aliphatic rings. The molecule has 0 aromatic carbocycles. The topological polar surface area (TPSA) is 220 Å². The van der Waals surface area contributed by atoms with Crippen LogP contribution in [-0.2, 0) is 66.7 Å². The number of hydrogen-bond acceptors (Lipinski definition) is 16. The number of nitrogens with zero attached hydrogens (tertiary/aromatic N) is 2. The lowest BCUT2D eigenvalue weighted by Gasteiger charge is -2.07. The zero-order chi connectivity index (χ0) is 27.7. The van der Waals surface area contributed by atoms with Gasteiger partial charge in [-0.15, -0.1) is 0 Å². The number of carbonyl (C=O) groups excluding carboxylic acids is 7. The van der Waals surface area contributed by atoms with Crippen LogP contribution in [0.2, 0.25) is 0 Å². The normalized spacial score (nSPS) is 9.49. The highest BCUT2D eigenvalue weighted by Crippen LogP contribution is 2.03. The first-order chi connectivity index (χ1) is 17.8. The maximum Gasteiger partial charge on any atom is 0.312 e. The van der Waals surface area contributed by atoms with E-state index in [2.05, 4.69) is 38.2 Å². The van der Waals surface area contributed by atoms with Crippen LogP contribution in [0.15, 0.2) is 4.99 Å². The molecule has 0 bridgehead atoms. The third-order valence-electron chi connectivity index (χ3n) is 3.81. The van der Waals surface area contributed by atoms with Crippen LogP contribution in [0.3, 0.4) is 0 Å². The molecule has 0 aliphatic heterocycles. The first kappa shape index (κ1) is 32.5.